The largest absolute Gasteiger partial charge is 0.465 e. The Morgan fingerprint density at radius 3 is 1.71 bits per heavy atom. The lowest BCUT2D eigenvalue weighted by atomic mass is 9.56. The van der Waals surface area contributed by atoms with Gasteiger partial charge in [-0.15, -0.1) is 0 Å². The molecule has 6 rings (SSSR count). The number of para-hydroxylation sites is 1. The van der Waals surface area contributed by atoms with Crippen molar-refractivity contribution in [3.05, 3.63) is 138 Å². The number of benzene rings is 4. The predicted molar refractivity (Wildman–Crippen MR) is 164 cm³/mol. The topological polar surface area (TPSA) is 55.8 Å². The van der Waals surface area contributed by atoms with Crippen molar-refractivity contribution in [3.8, 4) is 0 Å². The van der Waals surface area contributed by atoms with E-state index in [9.17, 15) is 9.59 Å². The molecule has 0 saturated heterocycles. The van der Waals surface area contributed by atoms with E-state index in [4.69, 9.17) is 9.47 Å². The molecule has 0 unspecified atom stereocenters. The number of anilines is 1. The Kier molecular flexibility index (Phi) is 7.14. The molecule has 5 heteroatoms. The fourth-order valence-electron chi connectivity index (χ4n) is 8.03. The minimum atomic E-state index is -1.60. The van der Waals surface area contributed by atoms with E-state index >= 15 is 0 Å². The maximum atomic E-state index is 14.5. The monoisotopic (exact) mass is 559 g/mol. The molecule has 2 aliphatic rings. The molecule has 0 spiro atoms. The van der Waals surface area contributed by atoms with Crippen molar-refractivity contribution in [1.82, 2.24) is 0 Å². The van der Waals surface area contributed by atoms with Crippen molar-refractivity contribution in [1.29, 1.82) is 0 Å². The number of fused-ring (bicyclic) bond motifs is 3. The molecular weight excluding hydrogens is 522 g/mol. The van der Waals surface area contributed by atoms with Gasteiger partial charge in [0.15, 0.2) is 5.41 Å². The van der Waals surface area contributed by atoms with Crippen molar-refractivity contribution >= 4 is 17.6 Å². The fourth-order valence-corrected chi connectivity index (χ4v) is 8.03. The van der Waals surface area contributed by atoms with Gasteiger partial charge >= 0.3 is 11.9 Å². The van der Waals surface area contributed by atoms with Crippen LogP contribution in [0.3, 0.4) is 0 Å². The van der Waals surface area contributed by atoms with Gasteiger partial charge in [-0.1, -0.05) is 116 Å². The van der Waals surface area contributed by atoms with Crippen molar-refractivity contribution < 1.29 is 19.1 Å². The molecule has 4 aromatic carbocycles. The molecule has 2 atom stereocenters. The van der Waals surface area contributed by atoms with Gasteiger partial charge in [-0.05, 0) is 48.6 Å². The third kappa shape index (κ3) is 3.83. The van der Waals surface area contributed by atoms with E-state index in [1.165, 1.54) is 0 Å². The summed E-state index contributed by atoms with van der Waals surface area (Å²) >= 11 is 0. The number of esters is 2. The fraction of sp³-hybridized carbons (Fsp3) is 0.297. The van der Waals surface area contributed by atoms with Crippen LogP contribution in [0.15, 0.2) is 115 Å². The van der Waals surface area contributed by atoms with E-state index in [-0.39, 0.29) is 19.6 Å². The van der Waals surface area contributed by atoms with E-state index in [2.05, 4.69) is 66.4 Å². The second-order valence-corrected chi connectivity index (χ2v) is 11.5. The summed E-state index contributed by atoms with van der Waals surface area (Å²) in [6, 6.07) is 38.7. The van der Waals surface area contributed by atoms with E-state index in [0.29, 0.717) is 6.54 Å². The lowest BCUT2D eigenvalue weighted by molar-refractivity contribution is -0.173. The van der Waals surface area contributed by atoms with Crippen molar-refractivity contribution in [2.24, 2.45) is 5.41 Å². The number of hydrogen-bond acceptors (Lipinski definition) is 5. The molecular formula is C37H37NO4. The van der Waals surface area contributed by atoms with E-state index in [1.54, 1.807) is 13.8 Å². The summed E-state index contributed by atoms with van der Waals surface area (Å²) < 4.78 is 11.7. The van der Waals surface area contributed by atoms with Crippen molar-refractivity contribution in [3.63, 3.8) is 0 Å². The quantitative estimate of drug-likeness (QED) is 0.175. The Morgan fingerprint density at radius 1 is 0.714 bits per heavy atom. The molecule has 5 nitrogen and oxygen atoms in total. The molecule has 1 fully saturated rings. The summed E-state index contributed by atoms with van der Waals surface area (Å²) in [6.07, 6.45) is 0.215. The van der Waals surface area contributed by atoms with Gasteiger partial charge in [0.05, 0.1) is 19.3 Å². The van der Waals surface area contributed by atoms with Gasteiger partial charge in [0, 0.05) is 23.1 Å². The summed E-state index contributed by atoms with van der Waals surface area (Å²) in [5.74, 6) is -1.06. The highest BCUT2D eigenvalue weighted by Crippen LogP contribution is 2.71. The first-order chi connectivity index (χ1) is 20.4. The van der Waals surface area contributed by atoms with Gasteiger partial charge < -0.3 is 14.4 Å². The molecule has 0 N–H and O–H groups in total. The number of nitrogens with zero attached hydrogens (tertiary/aromatic N) is 1. The predicted octanol–water partition coefficient (Wildman–Crippen LogP) is 6.84. The molecule has 4 aromatic rings. The summed E-state index contributed by atoms with van der Waals surface area (Å²) in [7, 11) is 0. The molecule has 214 valence electrons. The lowest BCUT2D eigenvalue weighted by Gasteiger charge is -2.46. The molecule has 0 radical (unpaired) electrons. The van der Waals surface area contributed by atoms with Crippen LogP contribution in [-0.2, 0) is 36.4 Å². The van der Waals surface area contributed by atoms with Crippen LogP contribution in [0.25, 0.3) is 0 Å². The van der Waals surface area contributed by atoms with Crippen LogP contribution in [0, 0.1) is 5.41 Å². The van der Waals surface area contributed by atoms with E-state index in [0.717, 1.165) is 27.9 Å². The van der Waals surface area contributed by atoms with Crippen LogP contribution < -0.4 is 4.90 Å². The summed E-state index contributed by atoms with van der Waals surface area (Å²) in [6.45, 7) is 6.67. The Hall–Kier alpha value is -4.38. The molecule has 42 heavy (non-hydrogen) atoms. The average Bonchev–Trinajstić information content (AvgIpc) is 3.44. The highest BCUT2D eigenvalue weighted by molar-refractivity contribution is 6.04. The van der Waals surface area contributed by atoms with Crippen LogP contribution in [0.2, 0.25) is 0 Å². The van der Waals surface area contributed by atoms with Gasteiger partial charge in [0.1, 0.15) is 0 Å². The zero-order valence-corrected chi connectivity index (χ0v) is 24.5. The third-order valence-electron chi connectivity index (χ3n) is 9.54. The van der Waals surface area contributed by atoms with E-state index in [1.807, 2.05) is 60.7 Å². The summed E-state index contributed by atoms with van der Waals surface area (Å²) in [5, 5.41) is 0. The number of rotatable bonds is 8. The maximum absolute atomic E-state index is 14.5. The molecule has 1 aliphatic heterocycles. The smallest absolute Gasteiger partial charge is 0.325 e. The van der Waals surface area contributed by atoms with Gasteiger partial charge in [-0.25, -0.2) is 0 Å². The highest BCUT2D eigenvalue weighted by atomic mass is 16.6. The average molecular weight is 560 g/mol. The Bertz CT molecular complexity index is 1510. The standard InChI is InChI=1S/C37H37NO4/c1-4-41-33(39)36(34(40)42-5-2)26-37(28-19-11-7-12-20-28,29-21-13-8-14-22-29)35(3)30-23-15-16-24-31(30)38(32(35)36)25-27-17-9-6-10-18-27/h6-24,32H,4-5,25-26H2,1-3H3/t32-,35+/m1/s1. The van der Waals surface area contributed by atoms with Crippen LogP contribution in [0.5, 0.6) is 0 Å². The van der Waals surface area contributed by atoms with E-state index < -0.39 is 34.2 Å². The number of hydrogen-bond donors (Lipinski definition) is 0. The minimum Gasteiger partial charge on any atom is -0.465 e. The van der Waals surface area contributed by atoms with Crippen LogP contribution in [0.4, 0.5) is 5.69 Å². The number of carbonyl (C=O) groups excluding carboxylic acids is 2. The SMILES string of the molecule is CCOC(=O)C1(C(=O)OCC)CC(c2ccccc2)(c2ccccc2)[C@@]2(C)c3ccccc3N(Cc3ccccc3)[C@@H]12. The second kappa shape index (κ2) is 10.8. The molecule has 1 aliphatic carbocycles. The maximum Gasteiger partial charge on any atom is 0.325 e. The molecule has 1 heterocycles. The minimum absolute atomic E-state index is 0.165. The Labute approximate surface area is 248 Å². The Balaban J connectivity index is 1.74. The first-order valence-electron chi connectivity index (χ1n) is 14.8. The molecule has 0 aromatic heterocycles. The summed E-state index contributed by atoms with van der Waals surface area (Å²) in [4.78, 5) is 31.3. The van der Waals surface area contributed by atoms with Crippen LogP contribution >= 0.6 is 0 Å². The normalized spacial score (nSPS) is 21.3. The second-order valence-electron chi connectivity index (χ2n) is 11.5. The van der Waals surface area contributed by atoms with Crippen molar-refractivity contribution in [2.75, 3.05) is 18.1 Å². The van der Waals surface area contributed by atoms with Gasteiger partial charge in [-0.2, -0.15) is 0 Å². The van der Waals surface area contributed by atoms with Crippen molar-refractivity contribution in [2.45, 2.75) is 50.6 Å². The first-order valence-corrected chi connectivity index (χ1v) is 14.8. The molecule has 1 saturated carbocycles. The number of ether oxygens (including phenoxy) is 2. The van der Waals surface area contributed by atoms with Crippen LogP contribution in [-0.4, -0.2) is 31.2 Å². The van der Waals surface area contributed by atoms with Gasteiger partial charge in [0.25, 0.3) is 0 Å². The zero-order valence-electron chi connectivity index (χ0n) is 24.5. The summed E-state index contributed by atoms with van der Waals surface area (Å²) in [5.41, 5.74) is 2.24. The van der Waals surface area contributed by atoms with Crippen LogP contribution in [0.1, 0.15) is 49.4 Å². The van der Waals surface area contributed by atoms with Gasteiger partial charge in [-0.3, -0.25) is 9.59 Å². The van der Waals surface area contributed by atoms with Gasteiger partial charge in [0.2, 0.25) is 0 Å². The molecule has 0 amide bonds. The lowest BCUT2D eigenvalue weighted by Crippen LogP contribution is -2.58. The zero-order chi connectivity index (χ0) is 29.4. The first kappa shape index (κ1) is 27.8. The molecule has 0 bridgehead atoms. The third-order valence-corrected chi connectivity index (χ3v) is 9.54. The Morgan fingerprint density at radius 2 is 1.19 bits per heavy atom. The highest BCUT2D eigenvalue weighted by Gasteiger charge is 2.79. The number of carbonyl (C=O) groups is 2.